The van der Waals surface area contributed by atoms with Gasteiger partial charge in [-0.3, -0.25) is 0 Å². The average molecular weight is 233 g/mol. The van der Waals surface area contributed by atoms with Crippen LogP contribution in [0.4, 0.5) is 0 Å². The van der Waals surface area contributed by atoms with Crippen molar-refractivity contribution in [2.75, 3.05) is 6.61 Å². The first kappa shape index (κ1) is 12.6. The van der Waals surface area contributed by atoms with Gasteiger partial charge in [0.25, 0.3) is 0 Å². The van der Waals surface area contributed by atoms with Crippen molar-refractivity contribution in [2.45, 2.75) is 45.3 Å². The van der Waals surface area contributed by atoms with Crippen molar-refractivity contribution >= 4 is 0 Å². The zero-order valence-electron chi connectivity index (χ0n) is 10.9. The molecule has 2 heteroatoms. The fourth-order valence-corrected chi connectivity index (χ4v) is 2.62. The summed E-state index contributed by atoms with van der Waals surface area (Å²) < 4.78 is 5.99. The number of benzene rings is 1. The SMILES string of the molecule is CCCC(C)COC1Cc2ccccc2C1N. The Morgan fingerprint density at radius 2 is 2.18 bits per heavy atom. The Bertz CT molecular complexity index is 364. The molecule has 1 aliphatic carbocycles. The Morgan fingerprint density at radius 3 is 2.88 bits per heavy atom. The summed E-state index contributed by atoms with van der Waals surface area (Å²) in [5.74, 6) is 0.635. The van der Waals surface area contributed by atoms with E-state index in [4.69, 9.17) is 10.5 Å². The van der Waals surface area contributed by atoms with Crippen LogP contribution in [-0.2, 0) is 11.2 Å². The van der Waals surface area contributed by atoms with Gasteiger partial charge in [-0.1, -0.05) is 44.5 Å². The second kappa shape index (κ2) is 5.65. The fraction of sp³-hybridized carbons (Fsp3) is 0.600. The van der Waals surface area contributed by atoms with E-state index in [1.807, 2.05) is 0 Å². The van der Waals surface area contributed by atoms with Crippen LogP contribution < -0.4 is 5.73 Å². The zero-order valence-corrected chi connectivity index (χ0v) is 10.9. The van der Waals surface area contributed by atoms with Crippen molar-refractivity contribution in [3.63, 3.8) is 0 Å². The van der Waals surface area contributed by atoms with Gasteiger partial charge < -0.3 is 10.5 Å². The fourth-order valence-electron chi connectivity index (χ4n) is 2.62. The molecule has 0 saturated heterocycles. The van der Waals surface area contributed by atoms with Crippen molar-refractivity contribution in [3.8, 4) is 0 Å². The molecule has 17 heavy (non-hydrogen) atoms. The molecule has 0 bridgehead atoms. The second-order valence-electron chi connectivity index (χ2n) is 5.19. The molecule has 0 spiro atoms. The standard InChI is InChI=1S/C15H23NO/c1-3-6-11(2)10-17-14-9-12-7-4-5-8-13(12)15(14)16/h4-5,7-8,11,14-15H,3,6,9-10,16H2,1-2H3. The molecule has 0 heterocycles. The molecular formula is C15H23NO. The molecule has 0 amide bonds. The lowest BCUT2D eigenvalue weighted by atomic mass is 10.1. The smallest absolute Gasteiger partial charge is 0.0808 e. The summed E-state index contributed by atoms with van der Waals surface area (Å²) >= 11 is 0. The highest BCUT2D eigenvalue weighted by Crippen LogP contribution is 2.31. The first-order valence-corrected chi connectivity index (χ1v) is 6.67. The number of hydrogen-bond acceptors (Lipinski definition) is 2. The summed E-state index contributed by atoms with van der Waals surface area (Å²) in [4.78, 5) is 0. The molecular weight excluding hydrogens is 210 g/mol. The molecule has 3 unspecified atom stereocenters. The van der Waals surface area contributed by atoms with E-state index >= 15 is 0 Å². The van der Waals surface area contributed by atoms with Gasteiger partial charge in [0.15, 0.2) is 0 Å². The maximum atomic E-state index is 6.23. The number of rotatable bonds is 5. The first-order valence-electron chi connectivity index (χ1n) is 6.67. The molecule has 0 aromatic heterocycles. The molecule has 0 fully saturated rings. The van der Waals surface area contributed by atoms with Crippen molar-refractivity contribution in [1.82, 2.24) is 0 Å². The third-order valence-electron chi connectivity index (χ3n) is 3.61. The molecule has 94 valence electrons. The van der Waals surface area contributed by atoms with Gasteiger partial charge in [-0.05, 0) is 23.5 Å². The van der Waals surface area contributed by atoms with E-state index in [9.17, 15) is 0 Å². The summed E-state index contributed by atoms with van der Waals surface area (Å²) in [6.45, 7) is 5.30. The second-order valence-corrected chi connectivity index (χ2v) is 5.19. The summed E-state index contributed by atoms with van der Waals surface area (Å²) in [6, 6.07) is 8.47. The molecule has 0 aliphatic heterocycles. The van der Waals surface area contributed by atoms with E-state index in [1.165, 1.54) is 24.0 Å². The van der Waals surface area contributed by atoms with Crippen molar-refractivity contribution in [2.24, 2.45) is 11.7 Å². The van der Waals surface area contributed by atoms with E-state index in [1.54, 1.807) is 0 Å². The van der Waals surface area contributed by atoms with E-state index in [2.05, 4.69) is 38.1 Å². The van der Waals surface area contributed by atoms with Gasteiger partial charge in [-0.15, -0.1) is 0 Å². The predicted octanol–water partition coefficient (Wildman–Crippen LogP) is 3.06. The van der Waals surface area contributed by atoms with Gasteiger partial charge in [-0.2, -0.15) is 0 Å². The minimum Gasteiger partial charge on any atom is -0.376 e. The average Bonchev–Trinajstić information content (AvgIpc) is 2.65. The molecule has 1 aromatic rings. The predicted molar refractivity (Wildman–Crippen MR) is 70.9 cm³/mol. The normalized spacial score (nSPS) is 24.6. The summed E-state index contributed by atoms with van der Waals surface area (Å²) in [6.07, 6.45) is 3.60. The Labute approximate surface area is 104 Å². The Kier molecular flexibility index (Phi) is 4.19. The summed E-state index contributed by atoms with van der Waals surface area (Å²) in [5, 5.41) is 0. The maximum Gasteiger partial charge on any atom is 0.0808 e. The van der Waals surface area contributed by atoms with E-state index in [0.29, 0.717) is 5.92 Å². The Balaban J connectivity index is 1.89. The van der Waals surface area contributed by atoms with Crippen LogP contribution in [0.25, 0.3) is 0 Å². The molecule has 1 aliphatic rings. The van der Waals surface area contributed by atoms with Crippen LogP contribution >= 0.6 is 0 Å². The molecule has 2 N–H and O–H groups in total. The van der Waals surface area contributed by atoms with Gasteiger partial charge in [0.05, 0.1) is 12.1 Å². The van der Waals surface area contributed by atoms with Crippen LogP contribution in [0.3, 0.4) is 0 Å². The van der Waals surface area contributed by atoms with Crippen LogP contribution in [0.2, 0.25) is 0 Å². The van der Waals surface area contributed by atoms with Crippen LogP contribution in [-0.4, -0.2) is 12.7 Å². The molecule has 0 radical (unpaired) electrons. The molecule has 0 saturated carbocycles. The highest BCUT2D eigenvalue weighted by molar-refractivity contribution is 5.36. The van der Waals surface area contributed by atoms with Gasteiger partial charge >= 0.3 is 0 Å². The lowest BCUT2D eigenvalue weighted by molar-refractivity contribution is 0.0224. The molecule has 1 aromatic carbocycles. The highest BCUT2D eigenvalue weighted by Gasteiger charge is 2.30. The van der Waals surface area contributed by atoms with Gasteiger partial charge in [0.1, 0.15) is 0 Å². The van der Waals surface area contributed by atoms with E-state index in [-0.39, 0.29) is 12.1 Å². The number of fused-ring (bicyclic) bond motifs is 1. The third kappa shape index (κ3) is 2.88. The third-order valence-corrected chi connectivity index (χ3v) is 3.61. The lowest BCUT2D eigenvalue weighted by Gasteiger charge is -2.19. The van der Waals surface area contributed by atoms with E-state index < -0.39 is 0 Å². The minimum absolute atomic E-state index is 0.0556. The van der Waals surface area contributed by atoms with Gasteiger partial charge in [0, 0.05) is 13.0 Å². The quantitative estimate of drug-likeness (QED) is 0.848. The first-order chi connectivity index (χ1) is 8.22. The molecule has 2 rings (SSSR count). The van der Waals surface area contributed by atoms with Crippen molar-refractivity contribution < 1.29 is 4.74 Å². The number of ether oxygens (including phenoxy) is 1. The minimum atomic E-state index is 0.0556. The maximum absolute atomic E-state index is 6.23. The number of nitrogens with two attached hydrogens (primary N) is 1. The number of hydrogen-bond donors (Lipinski definition) is 1. The Morgan fingerprint density at radius 1 is 1.41 bits per heavy atom. The van der Waals surface area contributed by atoms with Gasteiger partial charge in [0.2, 0.25) is 0 Å². The largest absolute Gasteiger partial charge is 0.376 e. The monoisotopic (exact) mass is 233 g/mol. The topological polar surface area (TPSA) is 35.2 Å². The molecule has 2 nitrogen and oxygen atoms in total. The Hall–Kier alpha value is -0.860. The lowest BCUT2D eigenvalue weighted by Crippen LogP contribution is -2.27. The molecule has 3 atom stereocenters. The van der Waals surface area contributed by atoms with Crippen molar-refractivity contribution in [3.05, 3.63) is 35.4 Å². The summed E-state index contributed by atoms with van der Waals surface area (Å²) in [5.41, 5.74) is 8.85. The van der Waals surface area contributed by atoms with Crippen LogP contribution in [0.1, 0.15) is 43.9 Å². The van der Waals surface area contributed by atoms with E-state index in [0.717, 1.165) is 13.0 Å². The van der Waals surface area contributed by atoms with Crippen LogP contribution in [0.15, 0.2) is 24.3 Å². The van der Waals surface area contributed by atoms with Crippen LogP contribution in [0.5, 0.6) is 0 Å². The van der Waals surface area contributed by atoms with Crippen LogP contribution in [0, 0.1) is 5.92 Å². The summed E-state index contributed by atoms with van der Waals surface area (Å²) in [7, 11) is 0. The van der Waals surface area contributed by atoms with Gasteiger partial charge in [-0.25, -0.2) is 0 Å². The zero-order chi connectivity index (χ0) is 12.3. The van der Waals surface area contributed by atoms with Crippen molar-refractivity contribution in [1.29, 1.82) is 0 Å². The highest BCUT2D eigenvalue weighted by atomic mass is 16.5.